The number of ether oxygens (including phenoxy) is 2. The lowest BCUT2D eigenvalue weighted by Crippen LogP contribution is -2.24. The van der Waals surface area contributed by atoms with Crippen LogP contribution in [0.1, 0.15) is 23.6 Å². The molecule has 0 aliphatic rings. The van der Waals surface area contributed by atoms with Crippen molar-refractivity contribution in [2.24, 2.45) is 0 Å². The fourth-order valence-corrected chi connectivity index (χ4v) is 2.46. The van der Waals surface area contributed by atoms with Gasteiger partial charge in [0.25, 0.3) is 0 Å². The van der Waals surface area contributed by atoms with E-state index >= 15 is 0 Å². The van der Waals surface area contributed by atoms with E-state index in [1.54, 1.807) is 27.2 Å². The van der Waals surface area contributed by atoms with Gasteiger partial charge >= 0.3 is 0 Å². The summed E-state index contributed by atoms with van der Waals surface area (Å²) in [5.74, 6) is 1.33. The van der Waals surface area contributed by atoms with Crippen LogP contribution in [0, 0.1) is 6.92 Å². The molecule has 2 rings (SSSR count). The third-order valence-electron chi connectivity index (χ3n) is 3.60. The number of benzene rings is 2. The van der Waals surface area contributed by atoms with Crippen LogP contribution < -0.4 is 9.47 Å². The maximum absolute atomic E-state index is 11.0. The summed E-state index contributed by atoms with van der Waals surface area (Å²) in [6, 6.07) is 13.2. The maximum Gasteiger partial charge on any atom is 0.125 e. The fraction of sp³-hybridized carbons (Fsp3) is 0.294. The average molecular weight is 272 g/mol. The Hall–Kier alpha value is -2.00. The minimum atomic E-state index is -1.15. The van der Waals surface area contributed by atoms with Gasteiger partial charge in [-0.15, -0.1) is 0 Å². The Balaban J connectivity index is 2.61. The van der Waals surface area contributed by atoms with Crippen molar-refractivity contribution in [2.75, 3.05) is 14.2 Å². The molecule has 0 saturated carbocycles. The van der Waals surface area contributed by atoms with Crippen LogP contribution in [0.4, 0.5) is 0 Å². The Morgan fingerprint density at radius 2 is 1.65 bits per heavy atom. The molecule has 0 spiro atoms. The molecular formula is C17H20O3. The van der Waals surface area contributed by atoms with E-state index in [1.807, 2.05) is 43.3 Å². The van der Waals surface area contributed by atoms with Crippen LogP contribution in [0.25, 0.3) is 0 Å². The summed E-state index contributed by atoms with van der Waals surface area (Å²) in [6.07, 6.45) is 0. The Labute approximate surface area is 119 Å². The number of aryl methyl sites for hydroxylation is 1. The summed E-state index contributed by atoms with van der Waals surface area (Å²) in [6.45, 7) is 3.75. The van der Waals surface area contributed by atoms with Crippen molar-refractivity contribution in [1.82, 2.24) is 0 Å². The molecule has 20 heavy (non-hydrogen) atoms. The standard InChI is InChI=1S/C17H20O3/c1-12-7-5-6-8-14(12)17(2,18)15-11-13(19-3)9-10-16(15)20-4/h5-11,18H,1-4H3. The van der Waals surface area contributed by atoms with E-state index in [2.05, 4.69) is 0 Å². The van der Waals surface area contributed by atoms with Gasteiger partial charge in [-0.3, -0.25) is 0 Å². The van der Waals surface area contributed by atoms with E-state index in [4.69, 9.17) is 9.47 Å². The van der Waals surface area contributed by atoms with Gasteiger partial charge in [0, 0.05) is 5.56 Å². The normalized spacial score (nSPS) is 13.7. The lowest BCUT2D eigenvalue weighted by molar-refractivity contribution is 0.0979. The second kappa shape index (κ2) is 5.55. The van der Waals surface area contributed by atoms with Gasteiger partial charge in [-0.1, -0.05) is 24.3 Å². The molecule has 1 atom stereocenters. The first kappa shape index (κ1) is 14.4. The van der Waals surface area contributed by atoms with E-state index in [0.29, 0.717) is 17.1 Å². The second-order valence-corrected chi connectivity index (χ2v) is 4.95. The molecule has 3 heteroatoms. The Kier molecular flexibility index (Phi) is 4.00. The predicted molar refractivity (Wildman–Crippen MR) is 79.4 cm³/mol. The maximum atomic E-state index is 11.0. The largest absolute Gasteiger partial charge is 0.497 e. The first-order chi connectivity index (χ1) is 9.50. The van der Waals surface area contributed by atoms with E-state index in [-0.39, 0.29) is 0 Å². The molecule has 106 valence electrons. The third-order valence-corrected chi connectivity index (χ3v) is 3.60. The molecule has 3 nitrogen and oxygen atoms in total. The van der Waals surface area contributed by atoms with Crippen molar-refractivity contribution < 1.29 is 14.6 Å². The number of methoxy groups -OCH3 is 2. The van der Waals surface area contributed by atoms with Gasteiger partial charge in [-0.05, 0) is 43.2 Å². The van der Waals surface area contributed by atoms with E-state index in [0.717, 1.165) is 11.1 Å². The summed E-state index contributed by atoms with van der Waals surface area (Å²) < 4.78 is 10.6. The predicted octanol–water partition coefficient (Wildman–Crippen LogP) is 3.27. The summed E-state index contributed by atoms with van der Waals surface area (Å²) in [4.78, 5) is 0. The Bertz CT molecular complexity index is 603. The molecule has 0 aromatic heterocycles. The third kappa shape index (κ3) is 2.49. The summed E-state index contributed by atoms with van der Waals surface area (Å²) in [7, 11) is 3.20. The van der Waals surface area contributed by atoms with E-state index in [1.165, 1.54) is 0 Å². The molecule has 0 heterocycles. The highest BCUT2D eigenvalue weighted by molar-refractivity contribution is 5.49. The molecule has 0 bridgehead atoms. The Morgan fingerprint density at radius 1 is 0.950 bits per heavy atom. The zero-order valence-electron chi connectivity index (χ0n) is 12.3. The van der Waals surface area contributed by atoms with Crippen molar-refractivity contribution in [2.45, 2.75) is 19.4 Å². The SMILES string of the molecule is COc1ccc(OC)c(C(C)(O)c2ccccc2C)c1. The topological polar surface area (TPSA) is 38.7 Å². The molecule has 1 unspecified atom stereocenters. The van der Waals surface area contributed by atoms with Gasteiger partial charge in [-0.2, -0.15) is 0 Å². The molecule has 0 saturated heterocycles. The highest BCUT2D eigenvalue weighted by atomic mass is 16.5. The van der Waals surface area contributed by atoms with Crippen molar-refractivity contribution in [3.63, 3.8) is 0 Å². The highest BCUT2D eigenvalue weighted by Gasteiger charge is 2.30. The number of rotatable bonds is 4. The van der Waals surface area contributed by atoms with Gasteiger partial charge < -0.3 is 14.6 Å². The van der Waals surface area contributed by atoms with Crippen molar-refractivity contribution in [1.29, 1.82) is 0 Å². The van der Waals surface area contributed by atoms with E-state index in [9.17, 15) is 5.11 Å². The van der Waals surface area contributed by atoms with Crippen molar-refractivity contribution in [3.8, 4) is 11.5 Å². The highest BCUT2D eigenvalue weighted by Crippen LogP contribution is 2.38. The molecule has 0 fully saturated rings. The smallest absolute Gasteiger partial charge is 0.125 e. The van der Waals surface area contributed by atoms with Crippen LogP contribution in [0.3, 0.4) is 0 Å². The zero-order chi connectivity index (χ0) is 14.8. The van der Waals surface area contributed by atoms with Crippen LogP contribution in [0.5, 0.6) is 11.5 Å². The molecule has 0 radical (unpaired) electrons. The van der Waals surface area contributed by atoms with Gasteiger partial charge in [-0.25, -0.2) is 0 Å². The lowest BCUT2D eigenvalue weighted by atomic mass is 9.85. The lowest BCUT2D eigenvalue weighted by Gasteiger charge is -2.28. The molecule has 2 aromatic carbocycles. The number of aliphatic hydroxyl groups is 1. The summed E-state index contributed by atoms with van der Waals surface area (Å²) >= 11 is 0. The van der Waals surface area contributed by atoms with Crippen molar-refractivity contribution in [3.05, 3.63) is 59.2 Å². The van der Waals surface area contributed by atoms with Crippen LogP contribution in [-0.2, 0) is 5.60 Å². The van der Waals surface area contributed by atoms with Crippen molar-refractivity contribution >= 4 is 0 Å². The van der Waals surface area contributed by atoms with E-state index < -0.39 is 5.60 Å². The summed E-state index contributed by atoms with van der Waals surface area (Å²) in [5.41, 5.74) is 1.42. The second-order valence-electron chi connectivity index (χ2n) is 4.95. The van der Waals surface area contributed by atoms with Gasteiger partial charge in [0.2, 0.25) is 0 Å². The first-order valence-corrected chi connectivity index (χ1v) is 6.51. The summed E-state index contributed by atoms with van der Waals surface area (Å²) in [5, 5.41) is 11.0. The van der Waals surface area contributed by atoms with Crippen LogP contribution in [0.15, 0.2) is 42.5 Å². The molecule has 0 amide bonds. The van der Waals surface area contributed by atoms with Crippen LogP contribution >= 0.6 is 0 Å². The monoisotopic (exact) mass is 272 g/mol. The average Bonchev–Trinajstić information content (AvgIpc) is 2.46. The quantitative estimate of drug-likeness (QED) is 0.928. The van der Waals surface area contributed by atoms with Gasteiger partial charge in [0.15, 0.2) is 0 Å². The zero-order valence-corrected chi connectivity index (χ0v) is 12.3. The van der Waals surface area contributed by atoms with Gasteiger partial charge in [0.05, 0.1) is 14.2 Å². The first-order valence-electron chi connectivity index (χ1n) is 6.51. The number of hydrogen-bond donors (Lipinski definition) is 1. The Morgan fingerprint density at radius 3 is 2.25 bits per heavy atom. The molecule has 2 aromatic rings. The molecule has 0 aliphatic carbocycles. The minimum Gasteiger partial charge on any atom is -0.497 e. The molecule has 1 N–H and O–H groups in total. The molecule has 0 aliphatic heterocycles. The van der Waals surface area contributed by atoms with Crippen LogP contribution in [-0.4, -0.2) is 19.3 Å². The van der Waals surface area contributed by atoms with Gasteiger partial charge in [0.1, 0.15) is 17.1 Å². The minimum absolute atomic E-state index is 0.638. The molecular weight excluding hydrogens is 252 g/mol. The number of hydrogen-bond acceptors (Lipinski definition) is 3. The fourth-order valence-electron chi connectivity index (χ4n) is 2.46. The van der Waals surface area contributed by atoms with Crippen LogP contribution in [0.2, 0.25) is 0 Å².